The van der Waals surface area contributed by atoms with Gasteiger partial charge in [0.15, 0.2) is 0 Å². The highest BCUT2D eigenvalue weighted by Crippen LogP contribution is 2.11. The monoisotopic (exact) mass is 376 g/mol. The van der Waals surface area contributed by atoms with Crippen molar-refractivity contribution in [2.24, 2.45) is 5.92 Å². The Morgan fingerprint density at radius 2 is 1.85 bits per heavy atom. The fraction of sp³-hybridized carbons (Fsp3) is 0.579. The predicted molar refractivity (Wildman–Crippen MR) is 101 cm³/mol. The summed E-state index contributed by atoms with van der Waals surface area (Å²) in [5, 5.41) is 2.82. The normalized spacial score (nSPS) is 14.2. The number of hydrogen-bond acceptors (Lipinski definition) is 5. The summed E-state index contributed by atoms with van der Waals surface area (Å²) in [6.07, 6.45) is 2.00. The van der Waals surface area contributed by atoms with Crippen LogP contribution in [0.2, 0.25) is 0 Å². The molecule has 0 aliphatic carbocycles. The summed E-state index contributed by atoms with van der Waals surface area (Å²) in [6, 6.07) is 3.12. The molecule has 8 heteroatoms. The van der Waals surface area contributed by atoms with Crippen LogP contribution in [0.15, 0.2) is 18.3 Å². The first kappa shape index (κ1) is 20.7. The summed E-state index contributed by atoms with van der Waals surface area (Å²) in [4.78, 5) is 44.0. The molecule has 1 aromatic heterocycles. The Kier molecular flexibility index (Phi) is 7.57. The van der Waals surface area contributed by atoms with E-state index in [4.69, 9.17) is 4.74 Å². The number of piperazine rings is 1. The Hall–Kier alpha value is -2.64. The third kappa shape index (κ3) is 5.94. The highest BCUT2D eigenvalue weighted by molar-refractivity contribution is 5.98. The van der Waals surface area contributed by atoms with Crippen molar-refractivity contribution in [3.63, 3.8) is 0 Å². The molecule has 2 rings (SSSR count). The first-order valence-corrected chi connectivity index (χ1v) is 9.37. The molecule has 0 aromatic carbocycles. The second-order valence-electron chi connectivity index (χ2n) is 6.85. The zero-order chi connectivity index (χ0) is 19.8. The number of pyridine rings is 1. The molecule has 0 bridgehead atoms. The van der Waals surface area contributed by atoms with Gasteiger partial charge < -0.3 is 19.9 Å². The van der Waals surface area contributed by atoms with Crippen molar-refractivity contribution in [1.29, 1.82) is 0 Å². The standard InChI is InChI=1S/C19H28N4O4/c1-4-27-19(26)23-11-9-22(10-12-23)18(25)15-6-8-20-16(13-15)17(24)21-7-5-14(2)3/h6,8,13-14H,4-5,7,9-12H2,1-3H3,(H,21,24). The smallest absolute Gasteiger partial charge is 0.409 e. The molecule has 0 unspecified atom stereocenters. The second kappa shape index (κ2) is 9.89. The van der Waals surface area contributed by atoms with Gasteiger partial charge in [0.1, 0.15) is 5.69 Å². The molecule has 148 valence electrons. The van der Waals surface area contributed by atoms with E-state index in [1.807, 2.05) is 0 Å². The van der Waals surface area contributed by atoms with Gasteiger partial charge in [-0.3, -0.25) is 14.6 Å². The van der Waals surface area contributed by atoms with Gasteiger partial charge in [-0.25, -0.2) is 4.79 Å². The molecule has 0 spiro atoms. The number of hydrogen-bond donors (Lipinski definition) is 1. The summed E-state index contributed by atoms with van der Waals surface area (Å²) in [6.45, 7) is 8.56. The fourth-order valence-electron chi connectivity index (χ4n) is 2.74. The number of carbonyl (C=O) groups excluding carboxylic acids is 3. The summed E-state index contributed by atoms with van der Waals surface area (Å²) in [5.74, 6) is 0.0500. The van der Waals surface area contributed by atoms with E-state index in [9.17, 15) is 14.4 Å². The molecule has 1 aromatic rings. The fourth-order valence-corrected chi connectivity index (χ4v) is 2.74. The Morgan fingerprint density at radius 1 is 1.19 bits per heavy atom. The molecule has 0 saturated carbocycles. The molecule has 0 atom stereocenters. The van der Waals surface area contributed by atoms with Gasteiger partial charge in [-0.15, -0.1) is 0 Å². The highest BCUT2D eigenvalue weighted by atomic mass is 16.6. The van der Waals surface area contributed by atoms with E-state index in [-0.39, 0.29) is 23.6 Å². The van der Waals surface area contributed by atoms with Crippen molar-refractivity contribution in [3.8, 4) is 0 Å². The predicted octanol–water partition coefficient (Wildman–Crippen LogP) is 1.77. The van der Waals surface area contributed by atoms with Crippen molar-refractivity contribution >= 4 is 17.9 Å². The van der Waals surface area contributed by atoms with Gasteiger partial charge in [-0.2, -0.15) is 0 Å². The van der Waals surface area contributed by atoms with E-state index in [2.05, 4.69) is 24.1 Å². The first-order chi connectivity index (χ1) is 12.9. The SMILES string of the molecule is CCOC(=O)N1CCN(C(=O)c2ccnc(C(=O)NCCC(C)C)c2)CC1. The van der Waals surface area contributed by atoms with Crippen LogP contribution in [-0.4, -0.2) is 72.0 Å². The van der Waals surface area contributed by atoms with Crippen LogP contribution in [-0.2, 0) is 4.74 Å². The van der Waals surface area contributed by atoms with Crippen molar-refractivity contribution in [2.45, 2.75) is 27.2 Å². The molecule has 1 aliphatic rings. The van der Waals surface area contributed by atoms with Crippen LogP contribution in [0.3, 0.4) is 0 Å². The van der Waals surface area contributed by atoms with E-state index < -0.39 is 0 Å². The van der Waals surface area contributed by atoms with Crippen LogP contribution >= 0.6 is 0 Å². The summed E-state index contributed by atoms with van der Waals surface area (Å²) >= 11 is 0. The molecule has 27 heavy (non-hydrogen) atoms. The minimum atomic E-state index is -0.353. The zero-order valence-corrected chi connectivity index (χ0v) is 16.2. The van der Waals surface area contributed by atoms with Crippen LogP contribution in [0.5, 0.6) is 0 Å². The van der Waals surface area contributed by atoms with Crippen LogP contribution < -0.4 is 5.32 Å². The van der Waals surface area contributed by atoms with Crippen molar-refractivity contribution in [3.05, 3.63) is 29.6 Å². The van der Waals surface area contributed by atoms with Crippen molar-refractivity contribution in [1.82, 2.24) is 20.1 Å². The van der Waals surface area contributed by atoms with Gasteiger partial charge in [0.2, 0.25) is 0 Å². The number of carbonyl (C=O) groups is 3. The van der Waals surface area contributed by atoms with E-state index in [1.165, 1.54) is 12.3 Å². The molecule has 1 fully saturated rings. The van der Waals surface area contributed by atoms with Gasteiger partial charge in [-0.1, -0.05) is 13.8 Å². The third-order valence-corrected chi connectivity index (χ3v) is 4.34. The van der Waals surface area contributed by atoms with Crippen LogP contribution in [0.25, 0.3) is 0 Å². The van der Waals surface area contributed by atoms with Crippen LogP contribution in [0, 0.1) is 5.92 Å². The second-order valence-corrected chi connectivity index (χ2v) is 6.85. The molecule has 8 nitrogen and oxygen atoms in total. The topological polar surface area (TPSA) is 91.8 Å². The first-order valence-electron chi connectivity index (χ1n) is 9.37. The van der Waals surface area contributed by atoms with Crippen LogP contribution in [0.1, 0.15) is 48.0 Å². The van der Waals surface area contributed by atoms with E-state index >= 15 is 0 Å². The summed E-state index contributed by atoms with van der Waals surface area (Å²) < 4.78 is 4.98. The molecule has 1 saturated heterocycles. The van der Waals surface area contributed by atoms with Gasteiger partial charge in [0, 0.05) is 44.5 Å². The van der Waals surface area contributed by atoms with Gasteiger partial charge in [0.25, 0.3) is 11.8 Å². The number of rotatable bonds is 6. The lowest BCUT2D eigenvalue weighted by Gasteiger charge is -2.34. The highest BCUT2D eigenvalue weighted by Gasteiger charge is 2.26. The number of nitrogens with zero attached hydrogens (tertiary/aromatic N) is 3. The molecule has 2 heterocycles. The summed E-state index contributed by atoms with van der Waals surface area (Å²) in [5.41, 5.74) is 0.651. The molecule has 1 aliphatic heterocycles. The average molecular weight is 376 g/mol. The van der Waals surface area contributed by atoms with E-state index in [0.29, 0.717) is 50.8 Å². The van der Waals surface area contributed by atoms with Gasteiger partial charge in [-0.05, 0) is 31.4 Å². The Labute approximate surface area is 159 Å². The Bertz CT molecular complexity index is 669. The molecular weight excluding hydrogens is 348 g/mol. The minimum Gasteiger partial charge on any atom is -0.450 e. The Morgan fingerprint density at radius 3 is 2.48 bits per heavy atom. The minimum absolute atomic E-state index is 0.169. The largest absolute Gasteiger partial charge is 0.450 e. The summed E-state index contributed by atoms with van der Waals surface area (Å²) in [7, 11) is 0. The zero-order valence-electron chi connectivity index (χ0n) is 16.2. The van der Waals surface area contributed by atoms with E-state index in [1.54, 1.807) is 22.8 Å². The molecule has 0 radical (unpaired) electrons. The van der Waals surface area contributed by atoms with Crippen LogP contribution in [0.4, 0.5) is 4.79 Å². The lowest BCUT2D eigenvalue weighted by molar-refractivity contribution is 0.0570. The van der Waals surface area contributed by atoms with Crippen molar-refractivity contribution < 1.29 is 19.1 Å². The molecule has 1 N–H and O–H groups in total. The number of nitrogens with one attached hydrogen (secondary N) is 1. The van der Waals surface area contributed by atoms with Gasteiger partial charge in [0.05, 0.1) is 6.61 Å². The number of ether oxygens (including phenoxy) is 1. The number of amides is 3. The maximum atomic E-state index is 12.7. The molecule has 3 amide bonds. The molecular formula is C19H28N4O4. The lowest BCUT2D eigenvalue weighted by atomic mass is 10.1. The van der Waals surface area contributed by atoms with Gasteiger partial charge >= 0.3 is 6.09 Å². The van der Waals surface area contributed by atoms with E-state index in [0.717, 1.165) is 6.42 Å². The number of aromatic nitrogens is 1. The quantitative estimate of drug-likeness (QED) is 0.817. The third-order valence-electron chi connectivity index (χ3n) is 4.34. The maximum Gasteiger partial charge on any atom is 0.409 e. The average Bonchev–Trinajstić information content (AvgIpc) is 2.67. The lowest BCUT2D eigenvalue weighted by Crippen LogP contribution is -2.50. The maximum absolute atomic E-state index is 12.7. The van der Waals surface area contributed by atoms with Crippen molar-refractivity contribution in [2.75, 3.05) is 39.3 Å². The Balaban J connectivity index is 1.93.